The lowest BCUT2D eigenvalue weighted by Crippen LogP contribution is -2.53. The van der Waals surface area contributed by atoms with E-state index in [1.54, 1.807) is 6.92 Å². The quantitative estimate of drug-likeness (QED) is 0.469. The van der Waals surface area contributed by atoms with Crippen LogP contribution in [-0.4, -0.2) is 46.6 Å². The van der Waals surface area contributed by atoms with E-state index in [-0.39, 0.29) is 23.8 Å². The molecule has 0 N–H and O–H groups in total. The summed E-state index contributed by atoms with van der Waals surface area (Å²) in [6, 6.07) is 4.30. The fraction of sp³-hybridized carbons (Fsp3) is 0.429. The van der Waals surface area contributed by atoms with Gasteiger partial charge in [-0.3, -0.25) is 14.9 Å². The normalized spacial score (nSPS) is 28.0. The summed E-state index contributed by atoms with van der Waals surface area (Å²) in [5.74, 6) is -0.363. The Morgan fingerprint density at radius 3 is 2.45 bits per heavy atom. The third-order valence-electron chi connectivity index (χ3n) is 3.91. The number of carbonyl (C=O) groups is 2. The zero-order valence-corrected chi connectivity index (χ0v) is 12.1. The van der Waals surface area contributed by atoms with Gasteiger partial charge >= 0.3 is 6.03 Å². The van der Waals surface area contributed by atoms with Crippen molar-refractivity contribution in [1.29, 1.82) is 0 Å². The Balaban J connectivity index is 1.93. The molecule has 0 saturated carbocycles. The van der Waals surface area contributed by atoms with Crippen molar-refractivity contribution in [2.45, 2.75) is 32.1 Å². The van der Waals surface area contributed by atoms with Gasteiger partial charge in [0, 0.05) is 18.7 Å². The van der Waals surface area contributed by atoms with E-state index in [2.05, 4.69) is 0 Å². The van der Waals surface area contributed by atoms with Crippen LogP contribution in [0.15, 0.2) is 24.3 Å². The highest BCUT2D eigenvalue weighted by atomic mass is 16.6. The molecule has 116 valence electrons. The van der Waals surface area contributed by atoms with Crippen LogP contribution in [-0.2, 0) is 9.53 Å². The maximum atomic E-state index is 12.5. The predicted octanol–water partition coefficient (Wildman–Crippen LogP) is 1.54. The molecule has 0 bridgehead atoms. The summed E-state index contributed by atoms with van der Waals surface area (Å²) < 4.78 is 5.62. The molecular formula is C14H15N3O5. The van der Waals surface area contributed by atoms with Gasteiger partial charge in [0.15, 0.2) is 0 Å². The second-order valence-corrected chi connectivity index (χ2v) is 5.48. The Bertz CT molecular complexity index is 644. The molecule has 0 spiro atoms. The number of fused-ring (bicyclic) bond motifs is 1. The molecule has 2 heterocycles. The molecule has 3 amide bonds. The molecule has 8 heteroatoms. The Morgan fingerprint density at radius 1 is 1.23 bits per heavy atom. The Labute approximate surface area is 126 Å². The molecule has 22 heavy (non-hydrogen) atoms. The number of urea groups is 1. The van der Waals surface area contributed by atoms with Crippen LogP contribution >= 0.6 is 0 Å². The number of anilines is 1. The smallest absolute Gasteiger partial charge is 0.332 e. The fourth-order valence-corrected chi connectivity index (χ4v) is 2.98. The van der Waals surface area contributed by atoms with E-state index >= 15 is 0 Å². The molecule has 1 aromatic carbocycles. The van der Waals surface area contributed by atoms with Gasteiger partial charge in [0.2, 0.25) is 0 Å². The lowest BCUT2D eigenvalue weighted by molar-refractivity contribution is -0.384. The summed E-state index contributed by atoms with van der Waals surface area (Å²) in [5.41, 5.74) is 0.237. The van der Waals surface area contributed by atoms with Crippen LogP contribution < -0.4 is 4.90 Å². The summed E-state index contributed by atoms with van der Waals surface area (Å²) in [6.45, 7) is 3.96. The van der Waals surface area contributed by atoms with Gasteiger partial charge in [-0.2, -0.15) is 0 Å². The second kappa shape index (κ2) is 5.06. The molecule has 3 unspecified atom stereocenters. The highest BCUT2D eigenvalue weighted by Gasteiger charge is 2.51. The molecule has 2 fully saturated rings. The zero-order valence-electron chi connectivity index (χ0n) is 12.1. The van der Waals surface area contributed by atoms with Gasteiger partial charge in [0.05, 0.1) is 22.8 Å². The van der Waals surface area contributed by atoms with Gasteiger partial charge in [-0.15, -0.1) is 0 Å². The number of imide groups is 1. The predicted molar refractivity (Wildman–Crippen MR) is 76.5 cm³/mol. The van der Waals surface area contributed by atoms with Crippen LogP contribution in [0.25, 0.3) is 0 Å². The minimum Gasteiger partial charge on any atom is -0.371 e. The summed E-state index contributed by atoms with van der Waals surface area (Å²) in [6.07, 6.45) is -0.525. The number of carbonyl (C=O) groups excluding carboxylic acids is 2. The fourth-order valence-electron chi connectivity index (χ4n) is 2.98. The van der Waals surface area contributed by atoms with E-state index in [1.165, 1.54) is 29.2 Å². The number of hydrogen-bond donors (Lipinski definition) is 0. The number of ether oxygens (including phenoxy) is 1. The van der Waals surface area contributed by atoms with Crippen LogP contribution in [0.3, 0.4) is 0 Å². The van der Waals surface area contributed by atoms with E-state index in [9.17, 15) is 19.7 Å². The van der Waals surface area contributed by atoms with Crippen LogP contribution in [0.4, 0.5) is 16.2 Å². The molecule has 2 aliphatic heterocycles. The first-order chi connectivity index (χ1) is 10.4. The number of benzene rings is 1. The first-order valence-electron chi connectivity index (χ1n) is 6.94. The first kappa shape index (κ1) is 14.5. The van der Waals surface area contributed by atoms with Crippen molar-refractivity contribution < 1.29 is 19.2 Å². The number of hydrogen-bond acceptors (Lipinski definition) is 5. The third kappa shape index (κ3) is 2.12. The highest BCUT2D eigenvalue weighted by molar-refractivity contribution is 6.21. The number of nitro groups is 1. The maximum Gasteiger partial charge on any atom is 0.332 e. The van der Waals surface area contributed by atoms with Crippen molar-refractivity contribution in [3.05, 3.63) is 34.4 Å². The number of nitrogens with zero attached hydrogens (tertiary/aromatic N) is 3. The molecular weight excluding hydrogens is 290 g/mol. The van der Waals surface area contributed by atoms with E-state index < -0.39 is 17.0 Å². The van der Waals surface area contributed by atoms with E-state index in [0.717, 1.165) is 4.90 Å². The SMILES string of the molecule is CC1CN2C(=O)N(c3ccc([N+](=O)[O-])cc3)C(=O)C2C(C)O1. The van der Waals surface area contributed by atoms with Gasteiger partial charge in [0.25, 0.3) is 11.6 Å². The van der Waals surface area contributed by atoms with Crippen molar-refractivity contribution in [3.8, 4) is 0 Å². The Morgan fingerprint density at radius 2 is 1.86 bits per heavy atom. The largest absolute Gasteiger partial charge is 0.371 e. The van der Waals surface area contributed by atoms with Crippen LogP contribution in [0.1, 0.15) is 13.8 Å². The van der Waals surface area contributed by atoms with Crippen LogP contribution in [0, 0.1) is 10.1 Å². The van der Waals surface area contributed by atoms with E-state index in [0.29, 0.717) is 12.2 Å². The van der Waals surface area contributed by atoms with Crippen LogP contribution in [0.2, 0.25) is 0 Å². The van der Waals surface area contributed by atoms with Crippen molar-refractivity contribution >= 4 is 23.3 Å². The number of morpholine rings is 1. The Hall–Kier alpha value is -2.48. The summed E-state index contributed by atoms with van der Waals surface area (Å²) in [4.78, 5) is 37.8. The second-order valence-electron chi connectivity index (χ2n) is 5.48. The molecule has 3 rings (SSSR count). The van der Waals surface area contributed by atoms with Gasteiger partial charge in [-0.25, -0.2) is 9.69 Å². The van der Waals surface area contributed by atoms with E-state index in [4.69, 9.17) is 4.74 Å². The van der Waals surface area contributed by atoms with Gasteiger partial charge in [-0.1, -0.05) is 0 Å². The maximum absolute atomic E-state index is 12.5. The molecule has 8 nitrogen and oxygen atoms in total. The number of rotatable bonds is 2. The summed E-state index contributed by atoms with van der Waals surface area (Å²) >= 11 is 0. The monoisotopic (exact) mass is 305 g/mol. The number of non-ortho nitro benzene ring substituents is 1. The minimum absolute atomic E-state index is 0.0918. The van der Waals surface area contributed by atoms with Crippen molar-refractivity contribution in [1.82, 2.24) is 4.90 Å². The first-order valence-corrected chi connectivity index (χ1v) is 6.94. The number of nitro benzene ring substituents is 1. The van der Waals surface area contributed by atoms with Crippen molar-refractivity contribution in [2.24, 2.45) is 0 Å². The molecule has 3 atom stereocenters. The lowest BCUT2D eigenvalue weighted by Gasteiger charge is -2.35. The molecule has 0 aromatic heterocycles. The number of amides is 3. The minimum atomic E-state index is -0.640. The standard InChI is InChI=1S/C14H15N3O5/c1-8-7-15-12(9(2)22-8)13(18)16(14(15)19)10-3-5-11(6-4-10)17(20)21/h3-6,8-9,12H,7H2,1-2H3. The average molecular weight is 305 g/mol. The molecule has 0 radical (unpaired) electrons. The van der Waals surface area contributed by atoms with Gasteiger partial charge in [0.1, 0.15) is 6.04 Å². The zero-order chi connectivity index (χ0) is 16.0. The summed E-state index contributed by atoms with van der Waals surface area (Å²) in [5, 5.41) is 10.7. The molecule has 2 saturated heterocycles. The molecule has 2 aliphatic rings. The molecule has 1 aromatic rings. The average Bonchev–Trinajstić information content (AvgIpc) is 2.70. The third-order valence-corrected chi connectivity index (χ3v) is 3.91. The van der Waals surface area contributed by atoms with Crippen molar-refractivity contribution in [2.75, 3.05) is 11.4 Å². The van der Waals surface area contributed by atoms with Gasteiger partial charge in [-0.05, 0) is 26.0 Å². The highest BCUT2D eigenvalue weighted by Crippen LogP contribution is 2.31. The van der Waals surface area contributed by atoms with Crippen LogP contribution in [0.5, 0.6) is 0 Å². The molecule has 0 aliphatic carbocycles. The topological polar surface area (TPSA) is 93.0 Å². The van der Waals surface area contributed by atoms with E-state index in [1.807, 2.05) is 6.92 Å². The Kier molecular flexibility index (Phi) is 3.32. The summed E-state index contributed by atoms with van der Waals surface area (Å²) in [7, 11) is 0. The van der Waals surface area contributed by atoms with Gasteiger partial charge < -0.3 is 9.64 Å². The lowest BCUT2D eigenvalue weighted by atomic mass is 10.1. The van der Waals surface area contributed by atoms with Crippen molar-refractivity contribution in [3.63, 3.8) is 0 Å².